The van der Waals surface area contributed by atoms with Crippen LogP contribution in [0.2, 0.25) is 0 Å². The average molecular weight is 526 g/mol. The molecule has 0 aliphatic rings. The first kappa shape index (κ1) is 26.1. The summed E-state index contributed by atoms with van der Waals surface area (Å²) < 4.78 is 36.7. The summed E-state index contributed by atoms with van der Waals surface area (Å²) in [7, 11) is -2.59. The Bertz CT molecular complexity index is 1590. The van der Waals surface area contributed by atoms with Crippen molar-refractivity contribution in [3.8, 4) is 0 Å². The molecule has 0 saturated heterocycles. The number of amides is 1. The van der Waals surface area contributed by atoms with Crippen LogP contribution in [0.3, 0.4) is 0 Å². The van der Waals surface area contributed by atoms with E-state index in [2.05, 4.69) is 4.98 Å². The van der Waals surface area contributed by atoms with Gasteiger partial charge in [-0.15, -0.1) is 0 Å². The van der Waals surface area contributed by atoms with Crippen LogP contribution in [0.5, 0.6) is 0 Å². The molecule has 4 aromatic rings. The van der Waals surface area contributed by atoms with Crippen LogP contribution in [-0.4, -0.2) is 40.4 Å². The third kappa shape index (κ3) is 6.08. The molecule has 0 aliphatic heterocycles. The van der Waals surface area contributed by atoms with Crippen LogP contribution in [0.15, 0.2) is 65.6 Å². The van der Waals surface area contributed by atoms with Crippen molar-refractivity contribution >= 4 is 27.6 Å². The van der Waals surface area contributed by atoms with E-state index in [1.807, 2.05) is 0 Å². The van der Waals surface area contributed by atoms with E-state index < -0.39 is 34.9 Å². The van der Waals surface area contributed by atoms with Crippen LogP contribution in [0, 0.1) is 5.82 Å². The number of aliphatic hydroxyl groups excluding tert-OH is 1. The van der Waals surface area contributed by atoms with E-state index in [0.717, 1.165) is 5.56 Å². The van der Waals surface area contributed by atoms with Gasteiger partial charge in [-0.25, -0.2) is 12.8 Å². The number of thiol groups is 1. The molecule has 11 heteroatoms. The average Bonchev–Trinajstić information content (AvgIpc) is 2.83. The summed E-state index contributed by atoms with van der Waals surface area (Å²) in [5, 5.41) is 19.2. The number of aromatic nitrogens is 2. The molecule has 0 unspecified atom stereocenters. The molecule has 37 heavy (non-hydrogen) atoms. The molecule has 2 heterocycles. The number of hydrogen-bond acceptors (Lipinski definition) is 7. The maximum atomic E-state index is 13.5. The van der Waals surface area contributed by atoms with Crippen LogP contribution in [-0.2, 0) is 35.8 Å². The standard InChI is InChI=1S/C26H24FN3O6S/c27-19-7-5-15(6-8-19)9-18-10-21-24(29-12-18)20(11-22(31)32)23(25(28)33)26(34)30(21)13-16-1-3-17(4-2-16)14-37(35)36/h1-8,10,12,22,31-32,37H,9,11,13-14H2,(H2,28,33). The van der Waals surface area contributed by atoms with Crippen molar-refractivity contribution in [2.75, 3.05) is 0 Å². The number of benzene rings is 2. The highest BCUT2D eigenvalue weighted by molar-refractivity contribution is 7.71. The molecule has 192 valence electrons. The second-order valence-corrected chi connectivity index (χ2v) is 9.60. The normalized spacial score (nSPS) is 11.5. The fraction of sp³-hybridized carbons (Fsp3) is 0.192. The highest BCUT2D eigenvalue weighted by atomic mass is 32.2. The molecule has 9 nitrogen and oxygen atoms in total. The van der Waals surface area contributed by atoms with Crippen molar-refractivity contribution in [3.63, 3.8) is 0 Å². The lowest BCUT2D eigenvalue weighted by Crippen LogP contribution is -2.33. The minimum Gasteiger partial charge on any atom is -0.368 e. The monoisotopic (exact) mass is 525 g/mol. The highest BCUT2D eigenvalue weighted by Gasteiger charge is 2.23. The maximum absolute atomic E-state index is 13.5. The van der Waals surface area contributed by atoms with Crippen molar-refractivity contribution in [3.05, 3.63) is 110 Å². The Hall–Kier alpha value is -3.93. The molecule has 2 aromatic heterocycles. The summed E-state index contributed by atoms with van der Waals surface area (Å²) in [5.74, 6) is -1.50. The molecule has 0 bridgehead atoms. The number of aliphatic hydroxyl groups is 2. The van der Waals surface area contributed by atoms with Gasteiger partial charge in [-0.05, 0) is 46.9 Å². The minimum absolute atomic E-state index is 0.0169. The summed E-state index contributed by atoms with van der Waals surface area (Å²) in [6.45, 7) is 0.0169. The number of fused-ring (bicyclic) bond motifs is 1. The van der Waals surface area contributed by atoms with E-state index in [0.29, 0.717) is 28.6 Å². The van der Waals surface area contributed by atoms with Crippen molar-refractivity contribution in [2.45, 2.75) is 31.4 Å². The number of pyridine rings is 2. The largest absolute Gasteiger partial charge is 0.368 e. The molecule has 0 radical (unpaired) electrons. The lowest BCUT2D eigenvalue weighted by Gasteiger charge is -2.18. The zero-order chi connectivity index (χ0) is 26.7. The van der Waals surface area contributed by atoms with Gasteiger partial charge >= 0.3 is 0 Å². The minimum atomic E-state index is -2.59. The quantitative estimate of drug-likeness (QED) is 0.189. The number of carbonyl (C=O) groups excluding carboxylic acids is 1. The first-order chi connectivity index (χ1) is 17.6. The van der Waals surface area contributed by atoms with Crippen LogP contribution in [0.4, 0.5) is 4.39 Å². The Morgan fingerprint density at radius 3 is 2.22 bits per heavy atom. The van der Waals surface area contributed by atoms with Gasteiger partial charge in [-0.1, -0.05) is 36.4 Å². The topological polar surface area (TPSA) is 153 Å². The molecule has 0 atom stereocenters. The molecular formula is C26H24FN3O6S. The van der Waals surface area contributed by atoms with E-state index in [-0.39, 0.29) is 34.8 Å². The van der Waals surface area contributed by atoms with Gasteiger partial charge in [0, 0.05) is 18.2 Å². The second kappa shape index (κ2) is 11.0. The molecule has 0 saturated carbocycles. The molecule has 4 rings (SSSR count). The number of carbonyl (C=O) groups is 1. The summed E-state index contributed by atoms with van der Waals surface area (Å²) >= 11 is 0. The van der Waals surface area contributed by atoms with E-state index in [1.54, 1.807) is 42.5 Å². The van der Waals surface area contributed by atoms with Gasteiger partial charge in [0.2, 0.25) is 0 Å². The zero-order valence-electron chi connectivity index (χ0n) is 19.5. The van der Waals surface area contributed by atoms with Gasteiger partial charge in [0.05, 0.1) is 23.3 Å². The fourth-order valence-electron chi connectivity index (χ4n) is 4.23. The van der Waals surface area contributed by atoms with Gasteiger partial charge < -0.3 is 20.5 Å². The number of nitrogens with two attached hydrogens (primary N) is 1. The summed E-state index contributed by atoms with van der Waals surface area (Å²) in [6, 6.07) is 14.3. The molecule has 0 aliphatic carbocycles. The SMILES string of the molecule is NC(=O)c1c(CC(O)O)c2ncc(Cc3ccc(F)cc3)cc2n(Cc2ccc(C[SH](=O)=O)cc2)c1=O. The summed E-state index contributed by atoms with van der Waals surface area (Å²) in [4.78, 5) is 30.2. The Morgan fingerprint density at radius 2 is 1.62 bits per heavy atom. The predicted molar refractivity (Wildman–Crippen MR) is 135 cm³/mol. The lowest BCUT2D eigenvalue weighted by atomic mass is 10.00. The predicted octanol–water partition coefficient (Wildman–Crippen LogP) is 1.24. The first-order valence-electron chi connectivity index (χ1n) is 11.3. The zero-order valence-corrected chi connectivity index (χ0v) is 20.4. The third-order valence-electron chi connectivity index (χ3n) is 5.89. The maximum Gasteiger partial charge on any atom is 0.264 e. The van der Waals surface area contributed by atoms with Gasteiger partial charge in [0.1, 0.15) is 22.1 Å². The number of halogens is 1. The molecular weight excluding hydrogens is 501 g/mol. The fourth-order valence-corrected chi connectivity index (χ4v) is 4.74. The van der Waals surface area contributed by atoms with Crippen molar-refractivity contribution in [1.29, 1.82) is 0 Å². The number of primary amides is 1. The van der Waals surface area contributed by atoms with Crippen LogP contribution in [0.1, 0.15) is 38.2 Å². The van der Waals surface area contributed by atoms with E-state index >= 15 is 0 Å². The first-order valence-corrected chi connectivity index (χ1v) is 12.6. The molecule has 0 spiro atoms. The molecule has 1 amide bonds. The molecule has 4 N–H and O–H groups in total. The van der Waals surface area contributed by atoms with E-state index in [1.165, 1.54) is 22.9 Å². The Morgan fingerprint density at radius 1 is 1.00 bits per heavy atom. The summed E-state index contributed by atoms with van der Waals surface area (Å²) in [6.07, 6.45) is -0.360. The van der Waals surface area contributed by atoms with Crippen LogP contribution in [0.25, 0.3) is 11.0 Å². The summed E-state index contributed by atoms with van der Waals surface area (Å²) in [5.41, 5.74) is 7.75. The van der Waals surface area contributed by atoms with Crippen molar-refractivity contribution < 1.29 is 27.8 Å². The highest BCUT2D eigenvalue weighted by Crippen LogP contribution is 2.23. The van der Waals surface area contributed by atoms with Crippen LogP contribution < -0.4 is 11.3 Å². The number of nitrogens with zero attached hydrogens (tertiary/aromatic N) is 2. The third-order valence-corrected chi connectivity index (χ3v) is 6.51. The Balaban J connectivity index is 1.88. The smallest absolute Gasteiger partial charge is 0.264 e. The molecule has 0 fully saturated rings. The van der Waals surface area contributed by atoms with Gasteiger partial charge in [-0.2, -0.15) is 0 Å². The Kier molecular flexibility index (Phi) is 7.77. The van der Waals surface area contributed by atoms with Gasteiger partial charge in [0.15, 0.2) is 6.29 Å². The van der Waals surface area contributed by atoms with Crippen molar-refractivity contribution in [1.82, 2.24) is 9.55 Å². The van der Waals surface area contributed by atoms with Crippen LogP contribution >= 0.6 is 0 Å². The van der Waals surface area contributed by atoms with E-state index in [9.17, 15) is 32.6 Å². The Labute approximate surface area is 212 Å². The van der Waals surface area contributed by atoms with Gasteiger partial charge in [0.25, 0.3) is 11.5 Å². The number of rotatable bonds is 9. The van der Waals surface area contributed by atoms with Crippen molar-refractivity contribution in [2.24, 2.45) is 5.73 Å². The second-order valence-electron chi connectivity index (χ2n) is 8.62. The number of hydrogen-bond donors (Lipinski definition) is 4. The lowest BCUT2D eigenvalue weighted by molar-refractivity contribution is -0.0380. The van der Waals surface area contributed by atoms with E-state index in [4.69, 9.17) is 5.73 Å². The van der Waals surface area contributed by atoms with Gasteiger partial charge in [-0.3, -0.25) is 14.6 Å². The molecule has 2 aromatic carbocycles.